The van der Waals surface area contributed by atoms with Gasteiger partial charge in [-0.25, -0.2) is 0 Å². The Bertz CT molecular complexity index is 786. The van der Waals surface area contributed by atoms with Crippen molar-refractivity contribution in [1.29, 1.82) is 5.26 Å². The van der Waals surface area contributed by atoms with Crippen molar-refractivity contribution in [2.75, 3.05) is 13.1 Å². The number of nitriles is 1. The number of hydrogen-bond donors (Lipinski definition) is 0. The van der Waals surface area contributed by atoms with E-state index in [0.29, 0.717) is 16.8 Å². The zero-order valence-corrected chi connectivity index (χ0v) is 12.6. The summed E-state index contributed by atoms with van der Waals surface area (Å²) in [5, 5.41) is 19.7. The van der Waals surface area contributed by atoms with Crippen LogP contribution in [0.3, 0.4) is 0 Å². The third kappa shape index (κ3) is 3.27. The van der Waals surface area contributed by atoms with Crippen molar-refractivity contribution >= 4 is 12.0 Å². The number of hydrogen-bond acceptors (Lipinski definition) is 4. The maximum absolute atomic E-state index is 11.2. The van der Waals surface area contributed by atoms with E-state index in [1.165, 1.54) is 0 Å². The summed E-state index contributed by atoms with van der Waals surface area (Å²) in [4.78, 5) is 11.2. The molecule has 0 spiro atoms. The number of aldehydes is 1. The lowest BCUT2D eigenvalue weighted by Crippen LogP contribution is -2.09. The summed E-state index contributed by atoms with van der Waals surface area (Å²) in [5.74, 6) is 0. The number of carbonyl (C=O) groups is 1. The standard InChI is InChI=1S/C18H16N4O/c19-12-16-11-14(17-6-2-1-5-15(17)13-23)7-8-18(16)20-21-22-9-3-4-10-22/h1-2,5-8,11,13H,3-4,9-10H2. The second-order valence-corrected chi connectivity index (χ2v) is 5.40. The van der Waals surface area contributed by atoms with E-state index in [0.717, 1.165) is 43.3 Å². The lowest BCUT2D eigenvalue weighted by Gasteiger charge is -2.08. The van der Waals surface area contributed by atoms with Crippen LogP contribution in [0.2, 0.25) is 0 Å². The Labute approximate surface area is 134 Å². The second-order valence-electron chi connectivity index (χ2n) is 5.40. The van der Waals surface area contributed by atoms with Gasteiger partial charge in [0.15, 0.2) is 6.29 Å². The van der Waals surface area contributed by atoms with Crippen molar-refractivity contribution < 1.29 is 4.79 Å². The molecule has 0 N–H and O–H groups in total. The Kier molecular flexibility index (Phi) is 4.44. The van der Waals surface area contributed by atoms with Crippen molar-refractivity contribution in [1.82, 2.24) is 5.01 Å². The van der Waals surface area contributed by atoms with Crippen molar-refractivity contribution in [3.05, 3.63) is 53.6 Å². The van der Waals surface area contributed by atoms with Crippen LogP contribution in [-0.2, 0) is 0 Å². The maximum Gasteiger partial charge on any atom is 0.150 e. The summed E-state index contributed by atoms with van der Waals surface area (Å²) in [6, 6.07) is 14.9. The van der Waals surface area contributed by atoms with Crippen LogP contribution in [0.1, 0.15) is 28.8 Å². The SMILES string of the molecule is N#Cc1cc(-c2ccccc2C=O)ccc1N=NN1CCCC1. The fourth-order valence-corrected chi connectivity index (χ4v) is 2.64. The first-order chi connectivity index (χ1) is 11.3. The Morgan fingerprint density at radius 1 is 1.13 bits per heavy atom. The number of carbonyl (C=O) groups excluding carboxylic acids is 1. The molecule has 0 radical (unpaired) electrons. The molecule has 1 saturated heterocycles. The highest BCUT2D eigenvalue weighted by Gasteiger charge is 2.10. The third-order valence-corrected chi connectivity index (χ3v) is 3.88. The molecule has 5 nitrogen and oxygen atoms in total. The zero-order valence-electron chi connectivity index (χ0n) is 12.6. The van der Waals surface area contributed by atoms with E-state index in [1.807, 2.05) is 29.3 Å². The Balaban J connectivity index is 1.93. The van der Waals surface area contributed by atoms with Crippen LogP contribution in [0.4, 0.5) is 5.69 Å². The summed E-state index contributed by atoms with van der Waals surface area (Å²) in [6.07, 6.45) is 3.08. The lowest BCUT2D eigenvalue weighted by atomic mass is 9.98. The largest absolute Gasteiger partial charge is 0.298 e. The normalized spacial score (nSPS) is 14.1. The van der Waals surface area contributed by atoms with E-state index in [4.69, 9.17) is 0 Å². The molecule has 1 heterocycles. The minimum atomic E-state index is 0.450. The summed E-state index contributed by atoms with van der Waals surface area (Å²) in [7, 11) is 0. The van der Waals surface area contributed by atoms with Gasteiger partial charge in [-0.15, -0.1) is 5.11 Å². The van der Waals surface area contributed by atoms with Crippen molar-refractivity contribution in [3.8, 4) is 17.2 Å². The molecule has 0 unspecified atom stereocenters. The number of nitrogens with zero attached hydrogens (tertiary/aromatic N) is 4. The highest BCUT2D eigenvalue weighted by atomic mass is 16.1. The quantitative estimate of drug-likeness (QED) is 0.630. The van der Waals surface area contributed by atoms with Crippen molar-refractivity contribution in [3.63, 3.8) is 0 Å². The smallest absolute Gasteiger partial charge is 0.150 e. The van der Waals surface area contributed by atoms with Crippen LogP contribution in [0.5, 0.6) is 0 Å². The minimum Gasteiger partial charge on any atom is -0.298 e. The van der Waals surface area contributed by atoms with E-state index in [9.17, 15) is 10.1 Å². The van der Waals surface area contributed by atoms with Gasteiger partial charge in [-0.1, -0.05) is 35.6 Å². The van der Waals surface area contributed by atoms with E-state index < -0.39 is 0 Å². The fraction of sp³-hybridized carbons (Fsp3) is 0.222. The molecule has 5 heteroatoms. The van der Waals surface area contributed by atoms with Gasteiger partial charge in [0.2, 0.25) is 0 Å². The van der Waals surface area contributed by atoms with Crippen LogP contribution >= 0.6 is 0 Å². The monoisotopic (exact) mass is 304 g/mol. The highest BCUT2D eigenvalue weighted by Crippen LogP contribution is 2.28. The molecule has 0 atom stereocenters. The molecule has 1 fully saturated rings. The van der Waals surface area contributed by atoms with Gasteiger partial charge in [0.25, 0.3) is 0 Å². The van der Waals surface area contributed by atoms with E-state index >= 15 is 0 Å². The van der Waals surface area contributed by atoms with Crippen LogP contribution in [0.15, 0.2) is 52.8 Å². The number of rotatable bonds is 4. The summed E-state index contributed by atoms with van der Waals surface area (Å²) >= 11 is 0. The molecule has 0 aliphatic carbocycles. The Morgan fingerprint density at radius 3 is 2.65 bits per heavy atom. The number of benzene rings is 2. The molecular weight excluding hydrogens is 288 g/mol. The van der Waals surface area contributed by atoms with E-state index in [2.05, 4.69) is 16.4 Å². The molecule has 0 saturated carbocycles. The summed E-state index contributed by atoms with van der Waals surface area (Å²) < 4.78 is 0. The fourth-order valence-electron chi connectivity index (χ4n) is 2.64. The van der Waals surface area contributed by atoms with Gasteiger partial charge in [0.1, 0.15) is 11.8 Å². The molecule has 1 aliphatic heterocycles. The third-order valence-electron chi connectivity index (χ3n) is 3.88. The average molecular weight is 304 g/mol. The molecule has 23 heavy (non-hydrogen) atoms. The van der Waals surface area contributed by atoms with Crippen LogP contribution in [0, 0.1) is 11.3 Å². The highest BCUT2D eigenvalue weighted by molar-refractivity contribution is 5.88. The van der Waals surface area contributed by atoms with Gasteiger partial charge in [-0.05, 0) is 36.1 Å². The molecule has 0 amide bonds. The van der Waals surface area contributed by atoms with Gasteiger partial charge < -0.3 is 0 Å². The first-order valence-corrected chi connectivity index (χ1v) is 7.57. The first kappa shape index (κ1) is 14.9. The molecule has 2 aromatic rings. The molecule has 1 aliphatic rings. The zero-order chi connectivity index (χ0) is 16.1. The van der Waals surface area contributed by atoms with E-state index in [-0.39, 0.29) is 0 Å². The van der Waals surface area contributed by atoms with Crippen LogP contribution in [-0.4, -0.2) is 24.4 Å². The van der Waals surface area contributed by atoms with Gasteiger partial charge in [0, 0.05) is 18.7 Å². The lowest BCUT2D eigenvalue weighted by molar-refractivity contribution is 0.112. The Morgan fingerprint density at radius 2 is 1.91 bits per heavy atom. The minimum absolute atomic E-state index is 0.450. The first-order valence-electron chi connectivity index (χ1n) is 7.57. The van der Waals surface area contributed by atoms with Crippen LogP contribution in [0.25, 0.3) is 11.1 Å². The van der Waals surface area contributed by atoms with Gasteiger partial charge in [0.05, 0.1) is 5.56 Å². The van der Waals surface area contributed by atoms with Gasteiger partial charge >= 0.3 is 0 Å². The maximum atomic E-state index is 11.2. The molecule has 3 rings (SSSR count). The molecular formula is C18H16N4O. The van der Waals surface area contributed by atoms with Crippen molar-refractivity contribution in [2.45, 2.75) is 12.8 Å². The Hall–Kier alpha value is -3.00. The summed E-state index contributed by atoms with van der Waals surface area (Å²) in [6.45, 7) is 1.83. The van der Waals surface area contributed by atoms with Crippen LogP contribution < -0.4 is 0 Å². The predicted molar refractivity (Wildman–Crippen MR) is 87.3 cm³/mol. The van der Waals surface area contributed by atoms with E-state index in [1.54, 1.807) is 18.2 Å². The predicted octanol–water partition coefficient (Wildman–Crippen LogP) is 4.13. The molecule has 2 aromatic carbocycles. The molecule has 0 aromatic heterocycles. The topological polar surface area (TPSA) is 68.8 Å². The summed E-state index contributed by atoms with van der Waals surface area (Å²) in [5.41, 5.74) is 3.23. The second kappa shape index (κ2) is 6.84. The molecule has 114 valence electrons. The average Bonchev–Trinajstić information content (AvgIpc) is 3.13. The van der Waals surface area contributed by atoms with Gasteiger partial charge in [-0.3, -0.25) is 9.80 Å². The van der Waals surface area contributed by atoms with Gasteiger partial charge in [-0.2, -0.15) is 5.26 Å². The molecule has 0 bridgehead atoms. The van der Waals surface area contributed by atoms with Crippen molar-refractivity contribution in [2.24, 2.45) is 10.3 Å².